The van der Waals surface area contributed by atoms with Crippen LogP contribution in [-0.4, -0.2) is 48.3 Å². The molecule has 11 nitrogen and oxygen atoms in total. The number of nitrogens with one attached hydrogen (secondary N) is 2. The van der Waals surface area contributed by atoms with Gasteiger partial charge in [0.05, 0.1) is 42.2 Å². The zero-order valence-electron chi connectivity index (χ0n) is 23.6. The number of H-pyrrole nitrogens is 1. The number of hydrogen-bond donors (Lipinski definition) is 2. The van der Waals surface area contributed by atoms with Crippen LogP contribution in [0.3, 0.4) is 0 Å². The van der Waals surface area contributed by atoms with Crippen LogP contribution in [0.5, 0.6) is 17.2 Å². The fraction of sp³-hybridized carbons (Fsp3) is 0.393. The predicted molar refractivity (Wildman–Crippen MR) is 153 cm³/mol. The monoisotopic (exact) mass is 569 g/mol. The Morgan fingerprint density at radius 2 is 1.80 bits per heavy atom. The van der Waals surface area contributed by atoms with E-state index < -0.39 is 10.0 Å². The van der Waals surface area contributed by atoms with E-state index in [1.807, 2.05) is 27.7 Å². The molecule has 4 aromatic rings. The van der Waals surface area contributed by atoms with Crippen molar-refractivity contribution in [3.05, 3.63) is 58.3 Å². The number of aryl methyl sites for hydroxylation is 2. The molecule has 0 aliphatic heterocycles. The molecule has 0 saturated carbocycles. The molecule has 2 N–H and O–H groups in total. The topological polar surface area (TPSA) is 137 Å². The number of hydrogen-bond acceptors (Lipinski definition) is 8. The Morgan fingerprint density at radius 3 is 2.48 bits per heavy atom. The van der Waals surface area contributed by atoms with Gasteiger partial charge in [-0.25, -0.2) is 17.9 Å². The number of aromatic amines is 1. The molecule has 12 heteroatoms. The van der Waals surface area contributed by atoms with Crippen molar-refractivity contribution in [1.82, 2.24) is 19.6 Å². The quantitative estimate of drug-likeness (QED) is 0.253. The summed E-state index contributed by atoms with van der Waals surface area (Å²) in [5.41, 5.74) is 1.18. The number of nitrogens with zero attached hydrogens (tertiary/aromatic N) is 3. The van der Waals surface area contributed by atoms with Crippen molar-refractivity contribution in [2.24, 2.45) is 5.92 Å². The molecule has 2 heterocycles. The molecule has 214 valence electrons. The molecule has 0 bridgehead atoms. The van der Waals surface area contributed by atoms with Crippen LogP contribution in [-0.2, 0) is 16.4 Å². The van der Waals surface area contributed by atoms with Crippen molar-refractivity contribution >= 4 is 21.2 Å². The molecule has 0 radical (unpaired) electrons. The van der Waals surface area contributed by atoms with Gasteiger partial charge in [0.1, 0.15) is 11.6 Å². The summed E-state index contributed by atoms with van der Waals surface area (Å²) in [6.07, 6.45) is 1.45. The maximum atomic E-state index is 13.5. The highest BCUT2D eigenvalue weighted by molar-refractivity contribution is 7.92. The molecular weight excluding hydrogens is 534 g/mol. The molecular formula is C28H35N5O6S. The van der Waals surface area contributed by atoms with Gasteiger partial charge in [-0.05, 0) is 56.5 Å². The van der Waals surface area contributed by atoms with Gasteiger partial charge in [0.25, 0.3) is 15.6 Å². The van der Waals surface area contributed by atoms with Gasteiger partial charge in [-0.3, -0.25) is 9.52 Å². The Kier molecular flexibility index (Phi) is 8.67. The highest BCUT2D eigenvalue weighted by Crippen LogP contribution is 2.34. The van der Waals surface area contributed by atoms with Crippen molar-refractivity contribution in [1.29, 1.82) is 0 Å². The molecule has 0 spiro atoms. The van der Waals surface area contributed by atoms with E-state index in [0.29, 0.717) is 65.2 Å². The maximum Gasteiger partial charge on any atom is 0.277 e. The molecule has 0 amide bonds. The minimum atomic E-state index is -4.05. The third kappa shape index (κ3) is 6.06. The molecule has 2 aromatic heterocycles. The van der Waals surface area contributed by atoms with Crippen LogP contribution in [0, 0.1) is 12.8 Å². The van der Waals surface area contributed by atoms with Crippen LogP contribution in [0.1, 0.15) is 45.6 Å². The molecule has 0 unspecified atom stereocenters. The number of sulfonamides is 1. The Morgan fingerprint density at radius 1 is 1.05 bits per heavy atom. The summed E-state index contributed by atoms with van der Waals surface area (Å²) in [4.78, 5) is 20.3. The smallest absolute Gasteiger partial charge is 0.277 e. The first-order valence-corrected chi connectivity index (χ1v) is 14.7. The lowest BCUT2D eigenvalue weighted by Crippen LogP contribution is -2.17. The number of anilines is 1. The third-order valence-corrected chi connectivity index (χ3v) is 7.40. The summed E-state index contributed by atoms with van der Waals surface area (Å²) in [6.45, 7) is 10.4. The molecule has 0 saturated heterocycles. The number of methoxy groups -OCH3 is 1. The fourth-order valence-corrected chi connectivity index (χ4v) is 5.28. The highest BCUT2D eigenvalue weighted by Gasteiger charge is 2.22. The van der Waals surface area contributed by atoms with E-state index in [-0.39, 0.29) is 22.2 Å². The van der Waals surface area contributed by atoms with Gasteiger partial charge in [0.15, 0.2) is 22.8 Å². The third-order valence-electron chi connectivity index (χ3n) is 6.02. The molecule has 0 atom stereocenters. The first kappa shape index (κ1) is 28.9. The summed E-state index contributed by atoms with van der Waals surface area (Å²) < 4.78 is 48.0. The van der Waals surface area contributed by atoms with Gasteiger partial charge in [0, 0.05) is 12.5 Å². The normalized spacial score (nSPS) is 11.7. The Bertz CT molecular complexity index is 1680. The second-order valence-electron chi connectivity index (χ2n) is 9.69. The highest BCUT2D eigenvalue weighted by atomic mass is 32.2. The zero-order chi connectivity index (χ0) is 29.0. The fourth-order valence-electron chi connectivity index (χ4n) is 4.21. The summed E-state index contributed by atoms with van der Waals surface area (Å²) in [7, 11) is -2.53. The molecule has 0 fully saturated rings. The van der Waals surface area contributed by atoms with Gasteiger partial charge in [-0.15, -0.1) is 5.10 Å². The minimum absolute atomic E-state index is 0.0373. The van der Waals surface area contributed by atoms with Crippen molar-refractivity contribution in [3.8, 4) is 28.6 Å². The zero-order valence-corrected chi connectivity index (χ0v) is 24.4. The number of benzene rings is 2. The van der Waals surface area contributed by atoms with Gasteiger partial charge in [-0.1, -0.05) is 20.8 Å². The van der Waals surface area contributed by atoms with Gasteiger partial charge < -0.3 is 19.2 Å². The van der Waals surface area contributed by atoms with Gasteiger partial charge in [0.2, 0.25) is 0 Å². The number of imidazole rings is 1. The first-order valence-electron chi connectivity index (χ1n) is 13.2. The number of aromatic nitrogens is 4. The van der Waals surface area contributed by atoms with Gasteiger partial charge in [-0.2, -0.15) is 0 Å². The molecule has 40 heavy (non-hydrogen) atoms. The Labute approximate surface area is 233 Å². The van der Waals surface area contributed by atoms with E-state index in [9.17, 15) is 13.2 Å². The van der Waals surface area contributed by atoms with E-state index in [2.05, 4.69) is 19.8 Å². The molecule has 4 rings (SSSR count). The largest absolute Gasteiger partial charge is 0.493 e. The molecule has 0 aliphatic carbocycles. The summed E-state index contributed by atoms with van der Waals surface area (Å²) in [5, 5.41) is 4.63. The lowest BCUT2D eigenvalue weighted by molar-refractivity contribution is 0.257. The van der Waals surface area contributed by atoms with E-state index in [1.165, 1.54) is 23.8 Å². The van der Waals surface area contributed by atoms with Crippen LogP contribution >= 0.6 is 0 Å². The lowest BCUT2D eigenvalue weighted by Gasteiger charge is -2.16. The summed E-state index contributed by atoms with van der Waals surface area (Å²) in [5.74, 6) is 2.40. The molecule has 2 aromatic carbocycles. The average Bonchev–Trinajstić information content (AvgIpc) is 3.23. The van der Waals surface area contributed by atoms with Crippen molar-refractivity contribution in [2.45, 2.75) is 52.4 Å². The number of rotatable bonds is 12. The van der Waals surface area contributed by atoms with Crippen LogP contribution in [0.2, 0.25) is 0 Å². The number of fused-ring (bicyclic) bond motifs is 1. The van der Waals surface area contributed by atoms with E-state index >= 15 is 0 Å². The standard InChI is InChI=1S/C28H35N5O6S/c1-7-9-25-29-18(5)26-28(34)30-27(31-33(25)26)21-15-20(11-13-22(21)38-8-2)40(35,36)32-19-10-12-23(37-6)24(14-19)39-16-17(3)4/h10-15,17,32H,7-9,16H2,1-6H3,(H,30,31,34). The Hall–Kier alpha value is -4.06. The van der Waals surface area contributed by atoms with Crippen LogP contribution in [0.4, 0.5) is 5.69 Å². The van der Waals surface area contributed by atoms with Gasteiger partial charge >= 0.3 is 0 Å². The Balaban J connectivity index is 1.76. The second-order valence-corrected chi connectivity index (χ2v) is 11.4. The number of ether oxygens (including phenoxy) is 3. The second kappa shape index (κ2) is 12.0. The van der Waals surface area contributed by atoms with E-state index in [4.69, 9.17) is 14.2 Å². The summed E-state index contributed by atoms with van der Waals surface area (Å²) >= 11 is 0. The first-order chi connectivity index (χ1) is 19.1. The van der Waals surface area contributed by atoms with Crippen LogP contribution in [0.15, 0.2) is 46.1 Å². The average molecular weight is 570 g/mol. The van der Waals surface area contributed by atoms with Crippen molar-refractivity contribution in [3.63, 3.8) is 0 Å². The van der Waals surface area contributed by atoms with Crippen molar-refractivity contribution < 1.29 is 22.6 Å². The van der Waals surface area contributed by atoms with Crippen LogP contribution < -0.4 is 24.5 Å². The maximum absolute atomic E-state index is 13.5. The molecule has 0 aliphatic rings. The van der Waals surface area contributed by atoms with Crippen molar-refractivity contribution in [2.75, 3.05) is 25.0 Å². The summed E-state index contributed by atoms with van der Waals surface area (Å²) in [6, 6.07) is 9.24. The lowest BCUT2D eigenvalue weighted by atomic mass is 10.2. The minimum Gasteiger partial charge on any atom is -0.493 e. The van der Waals surface area contributed by atoms with Crippen LogP contribution in [0.25, 0.3) is 16.9 Å². The predicted octanol–water partition coefficient (Wildman–Crippen LogP) is 4.59. The van der Waals surface area contributed by atoms with E-state index in [1.54, 1.807) is 31.2 Å². The SMILES string of the molecule is CCCc1nc(C)c2c(=O)[nH]c(-c3cc(S(=O)(=O)Nc4ccc(OC)c(OCC(C)C)c4)ccc3OCC)nn12. The van der Waals surface area contributed by atoms with E-state index in [0.717, 1.165) is 6.42 Å².